The molecule has 0 radical (unpaired) electrons. The maximum absolute atomic E-state index is 5.49. The summed E-state index contributed by atoms with van der Waals surface area (Å²) >= 11 is 1.88. The van der Waals surface area contributed by atoms with E-state index in [-0.39, 0.29) is 0 Å². The van der Waals surface area contributed by atoms with Crippen LogP contribution in [-0.2, 0) is 24.1 Å². The van der Waals surface area contributed by atoms with Crippen LogP contribution < -0.4 is 5.32 Å². The molecule has 0 saturated carbocycles. The van der Waals surface area contributed by atoms with Gasteiger partial charge in [0.25, 0.3) is 0 Å². The third-order valence-corrected chi connectivity index (χ3v) is 7.24. The van der Waals surface area contributed by atoms with Crippen molar-refractivity contribution < 1.29 is 4.74 Å². The summed E-state index contributed by atoms with van der Waals surface area (Å²) in [5, 5.41) is 5.03. The number of likely N-dealkylation sites (N-methyl/N-ethyl adjacent to an activating group) is 1. The Morgan fingerprint density at radius 1 is 1.17 bits per heavy atom. The maximum atomic E-state index is 5.49. The van der Waals surface area contributed by atoms with Gasteiger partial charge in [0.15, 0.2) is 0 Å². The number of nitrogens with zero attached hydrogens (tertiary/aromatic N) is 4. The van der Waals surface area contributed by atoms with Crippen LogP contribution in [0.5, 0.6) is 0 Å². The number of anilines is 1. The van der Waals surface area contributed by atoms with Gasteiger partial charge < -0.3 is 15.0 Å². The monoisotopic (exact) mass is 417 g/mol. The fourth-order valence-electron chi connectivity index (χ4n) is 4.43. The minimum Gasteiger partial charge on any atom is -0.379 e. The number of nitrogens with one attached hydrogen (secondary N) is 1. The van der Waals surface area contributed by atoms with Crippen LogP contribution in [-0.4, -0.2) is 72.8 Å². The summed E-state index contributed by atoms with van der Waals surface area (Å²) in [5.41, 5.74) is 1.50. The van der Waals surface area contributed by atoms with E-state index in [2.05, 4.69) is 43.1 Å². The second kappa shape index (κ2) is 9.25. The Labute approximate surface area is 178 Å². The molecule has 2 aliphatic rings. The smallest absolute Gasteiger partial charge is 0.146 e. The third-order valence-electron chi connectivity index (χ3n) is 6.06. The van der Waals surface area contributed by atoms with Gasteiger partial charge in [-0.25, -0.2) is 9.97 Å². The number of ether oxygens (including phenoxy) is 1. The van der Waals surface area contributed by atoms with E-state index in [0.29, 0.717) is 12.0 Å². The van der Waals surface area contributed by atoms with Crippen molar-refractivity contribution in [3.05, 3.63) is 16.3 Å². The number of rotatable bonds is 8. The van der Waals surface area contributed by atoms with Gasteiger partial charge in [-0.2, -0.15) is 0 Å². The van der Waals surface area contributed by atoms with Gasteiger partial charge >= 0.3 is 0 Å². The minimum atomic E-state index is 0.495. The van der Waals surface area contributed by atoms with E-state index in [1.54, 1.807) is 0 Å². The van der Waals surface area contributed by atoms with E-state index in [1.165, 1.54) is 46.3 Å². The molecule has 160 valence electrons. The van der Waals surface area contributed by atoms with E-state index in [1.807, 2.05) is 11.3 Å². The summed E-state index contributed by atoms with van der Waals surface area (Å²) in [4.78, 5) is 17.4. The lowest BCUT2D eigenvalue weighted by Crippen LogP contribution is -2.36. The molecule has 1 atom stereocenters. The van der Waals surface area contributed by atoms with Gasteiger partial charge in [0.05, 0.1) is 25.1 Å². The molecule has 7 heteroatoms. The van der Waals surface area contributed by atoms with Crippen molar-refractivity contribution in [3.8, 4) is 0 Å². The van der Waals surface area contributed by atoms with E-state index in [9.17, 15) is 0 Å². The lowest BCUT2D eigenvalue weighted by atomic mass is 10.0. The average molecular weight is 418 g/mol. The van der Waals surface area contributed by atoms with Crippen LogP contribution in [0.15, 0.2) is 0 Å². The molecule has 2 aromatic heterocycles. The number of aromatic nitrogens is 2. The molecular formula is C22H35N5OS. The van der Waals surface area contributed by atoms with Crippen LogP contribution >= 0.6 is 11.3 Å². The molecule has 0 spiro atoms. The number of fused-ring (bicyclic) bond motifs is 3. The number of hydrogen-bond donors (Lipinski definition) is 1. The molecule has 6 nitrogen and oxygen atoms in total. The summed E-state index contributed by atoms with van der Waals surface area (Å²) in [6.45, 7) is 9.85. The van der Waals surface area contributed by atoms with Crippen molar-refractivity contribution in [3.63, 3.8) is 0 Å². The van der Waals surface area contributed by atoms with Crippen LogP contribution in [0, 0.1) is 5.92 Å². The van der Waals surface area contributed by atoms with E-state index < -0.39 is 0 Å². The summed E-state index contributed by atoms with van der Waals surface area (Å²) in [6, 6.07) is 0.495. The highest BCUT2D eigenvalue weighted by Gasteiger charge is 2.24. The first-order valence-corrected chi connectivity index (χ1v) is 11.8. The zero-order valence-electron chi connectivity index (χ0n) is 18.3. The summed E-state index contributed by atoms with van der Waals surface area (Å²) in [6.07, 6.45) is 4.80. The van der Waals surface area contributed by atoms with Gasteiger partial charge in [-0.1, -0.05) is 13.8 Å². The Bertz CT molecular complexity index is 828. The van der Waals surface area contributed by atoms with Crippen molar-refractivity contribution in [1.82, 2.24) is 19.8 Å². The second-order valence-electron chi connectivity index (χ2n) is 9.04. The lowest BCUT2D eigenvalue weighted by molar-refractivity contribution is 0.0331. The van der Waals surface area contributed by atoms with Gasteiger partial charge in [-0.15, -0.1) is 11.3 Å². The third kappa shape index (κ3) is 4.90. The number of aryl methyl sites for hydroxylation is 2. The molecule has 1 fully saturated rings. The average Bonchev–Trinajstić information content (AvgIpc) is 3.26. The molecule has 1 aliphatic carbocycles. The molecule has 0 amide bonds. The van der Waals surface area contributed by atoms with Gasteiger partial charge in [0.1, 0.15) is 16.5 Å². The normalized spacial score (nSPS) is 18.7. The molecule has 0 bridgehead atoms. The van der Waals surface area contributed by atoms with Crippen LogP contribution in [0.2, 0.25) is 0 Å². The second-order valence-corrected chi connectivity index (χ2v) is 10.1. The van der Waals surface area contributed by atoms with Gasteiger partial charge in [0, 0.05) is 30.6 Å². The number of hydrogen-bond acceptors (Lipinski definition) is 7. The van der Waals surface area contributed by atoms with Crippen molar-refractivity contribution in [1.29, 1.82) is 0 Å². The Balaban J connectivity index is 1.60. The minimum absolute atomic E-state index is 0.495. The van der Waals surface area contributed by atoms with Crippen LogP contribution in [0.4, 0.5) is 5.82 Å². The molecule has 4 rings (SSSR count). The molecular weight excluding hydrogens is 382 g/mol. The molecule has 1 saturated heterocycles. The van der Waals surface area contributed by atoms with E-state index in [4.69, 9.17) is 14.7 Å². The maximum Gasteiger partial charge on any atom is 0.146 e. The Morgan fingerprint density at radius 3 is 2.69 bits per heavy atom. The van der Waals surface area contributed by atoms with Crippen LogP contribution in [0.1, 0.15) is 43.0 Å². The molecule has 1 N–H and O–H groups in total. The Hall–Kier alpha value is -1.28. The molecule has 29 heavy (non-hydrogen) atoms. The SMILES string of the molecule is CC(C)C[C@H](CNc1nc(CN2CCOCC2)nc2sc3c(c12)CCC3)N(C)C. The lowest BCUT2D eigenvalue weighted by Gasteiger charge is -2.27. The Morgan fingerprint density at radius 2 is 1.97 bits per heavy atom. The summed E-state index contributed by atoms with van der Waals surface area (Å²) in [7, 11) is 4.35. The van der Waals surface area contributed by atoms with Gasteiger partial charge in [-0.05, 0) is 51.3 Å². The highest BCUT2D eigenvalue weighted by atomic mass is 32.1. The predicted molar refractivity (Wildman–Crippen MR) is 121 cm³/mol. The Kier molecular flexibility index (Phi) is 6.69. The molecule has 3 heterocycles. The fraction of sp³-hybridized carbons (Fsp3) is 0.727. The van der Waals surface area contributed by atoms with Crippen molar-refractivity contribution in [2.45, 2.75) is 52.1 Å². The first kappa shape index (κ1) is 21.0. The zero-order chi connectivity index (χ0) is 20.4. The first-order valence-electron chi connectivity index (χ1n) is 11.0. The van der Waals surface area contributed by atoms with Crippen LogP contribution in [0.3, 0.4) is 0 Å². The molecule has 0 unspecified atom stereocenters. The fourth-order valence-corrected chi connectivity index (χ4v) is 5.71. The van der Waals surface area contributed by atoms with Crippen LogP contribution in [0.25, 0.3) is 10.2 Å². The molecule has 1 aliphatic heterocycles. The number of morpholine rings is 1. The first-order chi connectivity index (χ1) is 14.0. The topological polar surface area (TPSA) is 53.5 Å². The van der Waals surface area contributed by atoms with E-state index in [0.717, 1.165) is 51.0 Å². The standard InChI is InChI=1S/C22H35N5OS/c1-15(2)12-16(26(3)4)13-23-21-20-17-6-5-7-18(17)29-22(20)25-19(24-21)14-27-8-10-28-11-9-27/h15-16H,5-14H2,1-4H3,(H,23,24,25)/t16-/m1/s1. The highest BCUT2D eigenvalue weighted by Crippen LogP contribution is 2.39. The molecule has 0 aromatic carbocycles. The van der Waals surface area contributed by atoms with Gasteiger partial charge in [0.2, 0.25) is 0 Å². The van der Waals surface area contributed by atoms with Crippen molar-refractivity contribution >= 4 is 27.4 Å². The highest BCUT2D eigenvalue weighted by molar-refractivity contribution is 7.19. The molecule has 2 aromatic rings. The summed E-state index contributed by atoms with van der Waals surface area (Å²) in [5.74, 6) is 2.66. The zero-order valence-corrected chi connectivity index (χ0v) is 19.1. The summed E-state index contributed by atoms with van der Waals surface area (Å²) < 4.78 is 5.49. The van der Waals surface area contributed by atoms with E-state index >= 15 is 0 Å². The number of thiophene rings is 1. The van der Waals surface area contributed by atoms with Crippen molar-refractivity contribution in [2.75, 3.05) is 52.3 Å². The largest absolute Gasteiger partial charge is 0.379 e. The quantitative estimate of drug-likeness (QED) is 0.710. The van der Waals surface area contributed by atoms with Gasteiger partial charge in [-0.3, -0.25) is 4.90 Å². The predicted octanol–water partition coefficient (Wildman–Crippen LogP) is 3.40. The van der Waals surface area contributed by atoms with Crippen molar-refractivity contribution in [2.24, 2.45) is 5.92 Å².